The molecule has 116 valence electrons. The van der Waals surface area contributed by atoms with Crippen LogP contribution in [-0.4, -0.2) is 12.5 Å². The smallest absolute Gasteiger partial charge is 0.258 e. The molecule has 1 N–H and O–H groups in total. The summed E-state index contributed by atoms with van der Waals surface area (Å²) in [5.41, 5.74) is 4.57. The molecule has 0 aliphatic carbocycles. The summed E-state index contributed by atoms with van der Waals surface area (Å²) >= 11 is 0. The van der Waals surface area contributed by atoms with E-state index in [9.17, 15) is 4.79 Å². The Balaban J connectivity index is 1.93. The third-order valence-corrected chi connectivity index (χ3v) is 3.72. The van der Waals surface area contributed by atoms with Crippen molar-refractivity contribution in [3.05, 3.63) is 64.7 Å². The van der Waals surface area contributed by atoms with Crippen molar-refractivity contribution >= 4 is 5.91 Å². The molecule has 0 fully saturated rings. The molecule has 0 radical (unpaired) electrons. The molecule has 2 aromatic carbocycles. The fourth-order valence-electron chi connectivity index (χ4n) is 2.53. The molecule has 2 aromatic rings. The van der Waals surface area contributed by atoms with Gasteiger partial charge in [-0.3, -0.25) is 4.79 Å². The van der Waals surface area contributed by atoms with E-state index in [1.54, 1.807) is 0 Å². The molecular weight excluding hydrogens is 274 g/mol. The number of amides is 1. The molecule has 0 aliphatic rings. The second-order valence-corrected chi connectivity index (χ2v) is 5.70. The number of carbonyl (C=O) groups excluding carboxylic acids is 1. The average Bonchev–Trinajstić information content (AvgIpc) is 2.46. The van der Waals surface area contributed by atoms with E-state index in [-0.39, 0.29) is 18.6 Å². The Hall–Kier alpha value is -2.29. The number of rotatable bonds is 5. The van der Waals surface area contributed by atoms with E-state index in [0.29, 0.717) is 0 Å². The number of carbonyl (C=O) groups is 1. The molecule has 0 saturated carbocycles. The van der Waals surface area contributed by atoms with Crippen molar-refractivity contribution in [3.8, 4) is 5.75 Å². The quantitative estimate of drug-likeness (QED) is 0.910. The lowest BCUT2D eigenvalue weighted by Crippen LogP contribution is -2.31. The summed E-state index contributed by atoms with van der Waals surface area (Å²) in [6, 6.07) is 13.9. The minimum atomic E-state index is -0.115. The minimum Gasteiger partial charge on any atom is -0.484 e. The second-order valence-electron chi connectivity index (χ2n) is 5.70. The summed E-state index contributed by atoms with van der Waals surface area (Å²) in [6.07, 6.45) is 0. The maximum Gasteiger partial charge on any atom is 0.258 e. The molecule has 22 heavy (non-hydrogen) atoms. The van der Waals surface area contributed by atoms with Gasteiger partial charge in [0.1, 0.15) is 5.75 Å². The summed E-state index contributed by atoms with van der Waals surface area (Å²) < 4.78 is 5.57. The van der Waals surface area contributed by atoms with Gasteiger partial charge in [0.2, 0.25) is 0 Å². The molecule has 3 nitrogen and oxygen atoms in total. The highest BCUT2D eigenvalue weighted by Crippen LogP contribution is 2.19. The lowest BCUT2D eigenvalue weighted by atomic mass is 10.0. The van der Waals surface area contributed by atoms with Gasteiger partial charge in [0, 0.05) is 0 Å². The van der Waals surface area contributed by atoms with Crippen molar-refractivity contribution in [2.75, 3.05) is 6.61 Å². The van der Waals surface area contributed by atoms with E-state index >= 15 is 0 Å². The molecule has 3 heteroatoms. The fraction of sp³-hybridized carbons (Fsp3) is 0.316. The number of para-hydroxylation sites is 1. The maximum absolute atomic E-state index is 12.1. The molecule has 0 saturated heterocycles. The molecule has 0 bridgehead atoms. The summed E-state index contributed by atoms with van der Waals surface area (Å²) in [7, 11) is 0. The van der Waals surface area contributed by atoms with E-state index in [0.717, 1.165) is 16.9 Å². The first-order valence-electron chi connectivity index (χ1n) is 7.52. The van der Waals surface area contributed by atoms with E-state index in [4.69, 9.17) is 4.74 Å². The van der Waals surface area contributed by atoms with Gasteiger partial charge in [0.15, 0.2) is 6.61 Å². The predicted octanol–water partition coefficient (Wildman–Crippen LogP) is 3.87. The first-order valence-corrected chi connectivity index (χ1v) is 7.52. The molecule has 1 amide bonds. The molecule has 0 unspecified atom stereocenters. The van der Waals surface area contributed by atoms with E-state index in [2.05, 4.69) is 37.4 Å². The third kappa shape index (κ3) is 4.10. The van der Waals surface area contributed by atoms with Crippen LogP contribution in [0.25, 0.3) is 0 Å². The molecular formula is C19H23NO2. The van der Waals surface area contributed by atoms with Crippen molar-refractivity contribution in [3.63, 3.8) is 0 Å². The average molecular weight is 297 g/mol. The van der Waals surface area contributed by atoms with Crippen LogP contribution in [0, 0.1) is 20.8 Å². The summed E-state index contributed by atoms with van der Waals surface area (Å²) in [6.45, 7) is 8.11. The zero-order valence-corrected chi connectivity index (χ0v) is 13.6. The van der Waals surface area contributed by atoms with Gasteiger partial charge < -0.3 is 10.1 Å². The Labute approximate surface area is 132 Å². The van der Waals surface area contributed by atoms with Gasteiger partial charge in [-0.25, -0.2) is 0 Å². The van der Waals surface area contributed by atoms with Crippen LogP contribution < -0.4 is 10.1 Å². The molecule has 0 aliphatic heterocycles. The van der Waals surface area contributed by atoms with Gasteiger partial charge in [0.25, 0.3) is 5.91 Å². The van der Waals surface area contributed by atoms with Gasteiger partial charge in [-0.1, -0.05) is 42.0 Å². The number of aryl methyl sites for hydroxylation is 3. The summed E-state index contributed by atoms with van der Waals surface area (Å²) in [5.74, 6) is 0.632. The van der Waals surface area contributed by atoms with Crippen LogP contribution in [0.1, 0.15) is 35.2 Å². The zero-order valence-electron chi connectivity index (χ0n) is 13.6. The molecule has 1 atom stereocenters. The predicted molar refractivity (Wildman–Crippen MR) is 89.1 cm³/mol. The minimum absolute atomic E-state index is 0.0279. The molecule has 0 aromatic heterocycles. The Kier molecular flexibility index (Phi) is 5.21. The van der Waals surface area contributed by atoms with Crippen LogP contribution >= 0.6 is 0 Å². The lowest BCUT2D eigenvalue weighted by molar-refractivity contribution is -0.123. The Morgan fingerprint density at radius 1 is 1.09 bits per heavy atom. The first kappa shape index (κ1) is 16.1. The van der Waals surface area contributed by atoms with Gasteiger partial charge in [-0.05, 0) is 50.5 Å². The number of hydrogen-bond donors (Lipinski definition) is 1. The van der Waals surface area contributed by atoms with Gasteiger partial charge >= 0.3 is 0 Å². The highest BCUT2D eigenvalue weighted by atomic mass is 16.5. The van der Waals surface area contributed by atoms with Crippen molar-refractivity contribution in [2.24, 2.45) is 0 Å². The normalized spacial score (nSPS) is 11.8. The van der Waals surface area contributed by atoms with Crippen molar-refractivity contribution in [1.29, 1.82) is 0 Å². The van der Waals surface area contributed by atoms with Crippen LogP contribution in [0.4, 0.5) is 0 Å². The monoisotopic (exact) mass is 297 g/mol. The van der Waals surface area contributed by atoms with Crippen LogP contribution in [-0.2, 0) is 4.79 Å². The SMILES string of the molecule is Cc1ccc([C@H](C)NC(=O)COc2ccccc2C)c(C)c1. The van der Waals surface area contributed by atoms with Gasteiger partial charge in [-0.15, -0.1) is 0 Å². The molecule has 0 heterocycles. The Morgan fingerprint density at radius 3 is 2.50 bits per heavy atom. The summed E-state index contributed by atoms with van der Waals surface area (Å²) in [4.78, 5) is 12.1. The molecule has 0 spiro atoms. The van der Waals surface area contributed by atoms with Gasteiger partial charge in [-0.2, -0.15) is 0 Å². The van der Waals surface area contributed by atoms with Crippen molar-refractivity contribution < 1.29 is 9.53 Å². The topological polar surface area (TPSA) is 38.3 Å². The summed E-state index contributed by atoms with van der Waals surface area (Å²) in [5, 5.41) is 2.98. The second kappa shape index (κ2) is 7.12. The standard InChI is InChI=1S/C19H23NO2/c1-13-9-10-17(15(3)11-13)16(4)20-19(21)12-22-18-8-6-5-7-14(18)2/h5-11,16H,12H2,1-4H3,(H,20,21)/t16-/m0/s1. The zero-order chi connectivity index (χ0) is 16.1. The Morgan fingerprint density at radius 2 is 1.82 bits per heavy atom. The Bertz CT molecular complexity index is 664. The van der Waals surface area contributed by atoms with Crippen molar-refractivity contribution in [2.45, 2.75) is 33.7 Å². The van der Waals surface area contributed by atoms with Gasteiger partial charge in [0.05, 0.1) is 6.04 Å². The fourth-order valence-corrected chi connectivity index (χ4v) is 2.53. The van der Waals surface area contributed by atoms with E-state index in [1.807, 2.05) is 38.1 Å². The highest BCUT2D eigenvalue weighted by molar-refractivity contribution is 5.78. The van der Waals surface area contributed by atoms with Crippen LogP contribution in [0.3, 0.4) is 0 Å². The number of hydrogen-bond acceptors (Lipinski definition) is 2. The van der Waals surface area contributed by atoms with Crippen LogP contribution in [0.15, 0.2) is 42.5 Å². The molecule has 2 rings (SSSR count). The van der Waals surface area contributed by atoms with Crippen molar-refractivity contribution in [1.82, 2.24) is 5.32 Å². The third-order valence-electron chi connectivity index (χ3n) is 3.72. The number of ether oxygens (including phenoxy) is 1. The largest absolute Gasteiger partial charge is 0.484 e. The van der Waals surface area contributed by atoms with Crippen LogP contribution in [0.2, 0.25) is 0 Å². The van der Waals surface area contributed by atoms with E-state index in [1.165, 1.54) is 11.1 Å². The lowest BCUT2D eigenvalue weighted by Gasteiger charge is -2.17. The van der Waals surface area contributed by atoms with Crippen LogP contribution in [0.5, 0.6) is 5.75 Å². The van der Waals surface area contributed by atoms with E-state index < -0.39 is 0 Å². The number of benzene rings is 2. The maximum atomic E-state index is 12.1. The highest BCUT2D eigenvalue weighted by Gasteiger charge is 2.12. The number of nitrogens with one attached hydrogen (secondary N) is 1. The first-order chi connectivity index (χ1) is 10.5.